The molecule has 0 saturated carbocycles. The number of nitrogens with two attached hydrogens (primary N) is 1. The number of nitrogens with zero attached hydrogens (tertiary/aromatic N) is 4. The first-order valence-electron chi connectivity index (χ1n) is 8.79. The summed E-state index contributed by atoms with van der Waals surface area (Å²) in [5.41, 5.74) is 4.93. The summed E-state index contributed by atoms with van der Waals surface area (Å²) in [6.07, 6.45) is -6.22. The number of aromatic nitrogens is 4. The Kier molecular flexibility index (Phi) is 5.81. The Balaban J connectivity index is 2.17. The lowest BCUT2D eigenvalue weighted by Crippen LogP contribution is -2.15. The fourth-order valence-electron chi connectivity index (χ4n) is 2.70. The molecule has 0 aliphatic rings. The van der Waals surface area contributed by atoms with E-state index in [-0.39, 0.29) is 34.8 Å². The van der Waals surface area contributed by atoms with Crippen LogP contribution in [0.5, 0.6) is 0 Å². The van der Waals surface area contributed by atoms with E-state index < -0.39 is 24.0 Å². The molecule has 11 heteroatoms. The van der Waals surface area contributed by atoms with Crippen molar-refractivity contribution in [1.29, 1.82) is 0 Å². The quantitative estimate of drug-likeness (QED) is 0.563. The highest BCUT2D eigenvalue weighted by Crippen LogP contribution is 2.35. The maximum absolute atomic E-state index is 13.1. The van der Waals surface area contributed by atoms with Gasteiger partial charge in [0.2, 0.25) is 0 Å². The van der Waals surface area contributed by atoms with E-state index >= 15 is 0 Å². The first-order valence-corrected chi connectivity index (χ1v) is 8.79. The summed E-state index contributed by atoms with van der Waals surface area (Å²) < 4.78 is 65.1. The molecule has 0 fully saturated rings. The highest BCUT2D eigenvalue weighted by Gasteiger charge is 2.32. The van der Waals surface area contributed by atoms with Gasteiger partial charge in [0.1, 0.15) is 28.7 Å². The number of rotatable bonds is 5. The minimum atomic E-state index is -4.64. The number of hydrogen-bond acceptors (Lipinski definition) is 6. The van der Waals surface area contributed by atoms with E-state index in [0.29, 0.717) is 5.56 Å². The largest absolute Gasteiger partial charge is 0.433 e. The van der Waals surface area contributed by atoms with Gasteiger partial charge in [0.25, 0.3) is 6.43 Å². The minimum absolute atomic E-state index is 0.103. The van der Waals surface area contributed by atoms with Crippen LogP contribution in [0.25, 0.3) is 22.6 Å². The monoisotopic (exact) mass is 424 g/mol. The Morgan fingerprint density at radius 3 is 2.40 bits per heavy atom. The fourth-order valence-corrected chi connectivity index (χ4v) is 2.70. The van der Waals surface area contributed by atoms with Gasteiger partial charge in [-0.1, -0.05) is 6.07 Å². The third kappa shape index (κ3) is 4.61. The van der Waals surface area contributed by atoms with Crippen molar-refractivity contribution >= 4 is 11.6 Å². The van der Waals surface area contributed by atoms with Crippen LogP contribution >= 0.6 is 0 Å². The number of halogens is 5. The van der Waals surface area contributed by atoms with E-state index in [1.807, 2.05) is 0 Å². The third-order valence-electron chi connectivity index (χ3n) is 3.92. The van der Waals surface area contributed by atoms with Gasteiger partial charge in [0.15, 0.2) is 5.82 Å². The molecule has 0 aliphatic carbocycles. The first kappa shape index (κ1) is 21.3. The summed E-state index contributed by atoms with van der Waals surface area (Å²) in [5.74, 6) is -0.0551. The van der Waals surface area contributed by atoms with Gasteiger partial charge in [-0.3, -0.25) is 4.98 Å². The molecule has 3 rings (SSSR count). The van der Waals surface area contributed by atoms with Gasteiger partial charge in [-0.05, 0) is 43.7 Å². The molecule has 0 unspecified atom stereocenters. The Bertz CT molecular complexity index is 1050. The van der Waals surface area contributed by atoms with Crippen molar-refractivity contribution in [1.82, 2.24) is 19.9 Å². The average molecular weight is 424 g/mol. The molecule has 0 amide bonds. The fraction of sp³-hybridized carbons (Fsp3) is 0.263. The SMILES string of the molecule is CC(C)Nc1nc(-c2cccc(C(F)(F)F)n2)nc(N)c1-c1ccnc(C(F)F)c1. The standard InChI is InChI=1S/C19H17F5N6/c1-9(2)27-18-14(10-6-7-26-12(8-10)15(20)21)16(25)29-17(30-18)11-4-3-5-13(28-11)19(22,23)24/h3-9,15H,1-2H3,(H3,25,27,29,30). The van der Waals surface area contributed by atoms with Crippen LogP contribution < -0.4 is 11.1 Å². The number of anilines is 2. The van der Waals surface area contributed by atoms with Crippen LogP contribution in [0.3, 0.4) is 0 Å². The summed E-state index contributed by atoms with van der Waals surface area (Å²) in [7, 11) is 0. The van der Waals surface area contributed by atoms with E-state index in [1.54, 1.807) is 13.8 Å². The lowest BCUT2D eigenvalue weighted by atomic mass is 10.1. The Labute approximate surface area is 168 Å². The number of alkyl halides is 5. The lowest BCUT2D eigenvalue weighted by molar-refractivity contribution is -0.141. The summed E-state index contributed by atoms with van der Waals surface area (Å²) in [6.45, 7) is 3.61. The van der Waals surface area contributed by atoms with Crippen molar-refractivity contribution < 1.29 is 22.0 Å². The van der Waals surface area contributed by atoms with Crippen molar-refractivity contribution in [2.45, 2.75) is 32.5 Å². The van der Waals surface area contributed by atoms with Crippen LogP contribution in [-0.4, -0.2) is 26.0 Å². The highest BCUT2D eigenvalue weighted by atomic mass is 19.4. The van der Waals surface area contributed by atoms with Crippen LogP contribution in [0.1, 0.15) is 31.7 Å². The number of nitrogen functional groups attached to an aromatic ring is 1. The predicted octanol–water partition coefficient (Wildman–Crippen LogP) is 4.96. The second-order valence-corrected chi connectivity index (χ2v) is 6.63. The second kappa shape index (κ2) is 8.17. The molecule has 0 spiro atoms. The van der Waals surface area contributed by atoms with Gasteiger partial charge >= 0.3 is 6.18 Å². The maximum Gasteiger partial charge on any atom is 0.433 e. The summed E-state index contributed by atoms with van der Waals surface area (Å²) in [5, 5.41) is 3.03. The Morgan fingerprint density at radius 1 is 1.03 bits per heavy atom. The molecule has 0 aliphatic heterocycles. The maximum atomic E-state index is 13.1. The molecule has 3 aromatic heterocycles. The molecular weight excluding hydrogens is 407 g/mol. The van der Waals surface area contributed by atoms with Gasteiger partial charge in [0, 0.05) is 12.2 Å². The average Bonchev–Trinajstić information content (AvgIpc) is 2.66. The summed E-state index contributed by atoms with van der Waals surface area (Å²) >= 11 is 0. The number of nitrogens with one attached hydrogen (secondary N) is 1. The molecule has 3 N–H and O–H groups in total. The summed E-state index contributed by atoms with van der Waals surface area (Å²) in [4.78, 5) is 15.5. The van der Waals surface area contributed by atoms with Gasteiger partial charge in [-0.15, -0.1) is 0 Å². The third-order valence-corrected chi connectivity index (χ3v) is 3.92. The van der Waals surface area contributed by atoms with Crippen molar-refractivity contribution in [2.24, 2.45) is 0 Å². The number of pyridine rings is 2. The first-order chi connectivity index (χ1) is 14.1. The summed E-state index contributed by atoms with van der Waals surface area (Å²) in [6, 6.07) is 5.83. The van der Waals surface area contributed by atoms with Crippen LogP contribution in [-0.2, 0) is 6.18 Å². The smallest absolute Gasteiger partial charge is 0.383 e. The van der Waals surface area contributed by atoms with Gasteiger partial charge < -0.3 is 11.1 Å². The molecule has 3 aromatic rings. The van der Waals surface area contributed by atoms with Crippen molar-refractivity contribution in [3.63, 3.8) is 0 Å². The Hall–Kier alpha value is -3.37. The second-order valence-electron chi connectivity index (χ2n) is 6.63. The molecule has 3 heterocycles. The van der Waals surface area contributed by atoms with E-state index in [4.69, 9.17) is 5.73 Å². The van der Waals surface area contributed by atoms with Crippen LogP contribution in [0.2, 0.25) is 0 Å². The van der Waals surface area contributed by atoms with Gasteiger partial charge in [-0.25, -0.2) is 23.7 Å². The molecular formula is C19H17F5N6. The zero-order valence-electron chi connectivity index (χ0n) is 15.9. The van der Waals surface area contributed by atoms with Crippen LogP contribution in [0.4, 0.5) is 33.6 Å². The van der Waals surface area contributed by atoms with E-state index in [1.165, 1.54) is 24.4 Å². The van der Waals surface area contributed by atoms with E-state index in [9.17, 15) is 22.0 Å². The topological polar surface area (TPSA) is 89.6 Å². The highest BCUT2D eigenvalue weighted by molar-refractivity contribution is 5.85. The molecule has 0 saturated heterocycles. The lowest BCUT2D eigenvalue weighted by Gasteiger charge is -2.17. The zero-order valence-corrected chi connectivity index (χ0v) is 15.9. The molecule has 0 radical (unpaired) electrons. The number of hydrogen-bond donors (Lipinski definition) is 2. The van der Waals surface area contributed by atoms with Crippen molar-refractivity contribution in [3.05, 3.63) is 47.9 Å². The van der Waals surface area contributed by atoms with Gasteiger partial charge in [0.05, 0.1) is 5.56 Å². The van der Waals surface area contributed by atoms with Crippen LogP contribution in [0.15, 0.2) is 36.5 Å². The molecule has 0 bridgehead atoms. The van der Waals surface area contributed by atoms with Crippen LogP contribution in [0, 0.1) is 0 Å². The Morgan fingerprint density at radius 2 is 1.77 bits per heavy atom. The van der Waals surface area contributed by atoms with E-state index in [0.717, 1.165) is 12.1 Å². The van der Waals surface area contributed by atoms with Crippen molar-refractivity contribution in [2.75, 3.05) is 11.1 Å². The zero-order chi connectivity index (χ0) is 22.1. The molecule has 6 nitrogen and oxygen atoms in total. The molecule has 0 aromatic carbocycles. The predicted molar refractivity (Wildman–Crippen MR) is 102 cm³/mol. The minimum Gasteiger partial charge on any atom is -0.383 e. The molecule has 0 atom stereocenters. The molecule has 158 valence electrons. The normalized spacial score (nSPS) is 11.9. The molecule has 30 heavy (non-hydrogen) atoms. The van der Waals surface area contributed by atoms with E-state index in [2.05, 4.69) is 25.3 Å². The van der Waals surface area contributed by atoms with Gasteiger partial charge in [-0.2, -0.15) is 13.2 Å². The van der Waals surface area contributed by atoms with Crippen molar-refractivity contribution in [3.8, 4) is 22.6 Å².